The van der Waals surface area contributed by atoms with Gasteiger partial charge in [0.2, 0.25) is 0 Å². The Morgan fingerprint density at radius 2 is 1.59 bits per heavy atom. The quantitative estimate of drug-likeness (QED) is 0.508. The summed E-state index contributed by atoms with van der Waals surface area (Å²) in [5.41, 5.74) is 6.19. The van der Waals surface area contributed by atoms with Crippen LogP contribution in [-0.2, 0) is 4.79 Å². The molecule has 0 radical (unpaired) electrons. The predicted molar refractivity (Wildman–Crippen MR) is 133 cm³/mol. The molecule has 0 amide bonds. The molecule has 1 aliphatic heterocycles. The van der Waals surface area contributed by atoms with Crippen molar-refractivity contribution in [3.8, 4) is 0 Å². The van der Waals surface area contributed by atoms with Crippen LogP contribution in [0, 0.1) is 5.92 Å². The number of benzene rings is 3. The number of fused-ring (bicyclic) bond motifs is 2. The van der Waals surface area contributed by atoms with E-state index in [2.05, 4.69) is 34.5 Å². The standard InChI is InChI=1S/C27H26ClN3O/c1-31(2)21-13-9-18(10-14-21)27-26-24(29-22-5-3-4-6-23(22)30-27)15-19(16-25(26)32)17-7-11-20(28)12-8-17/h3-14,19,26-27,30H,15-16H2,1-2H3/t19-,26-,27-/m0/s1. The molecule has 3 atom stereocenters. The summed E-state index contributed by atoms with van der Waals surface area (Å²) in [4.78, 5) is 20.7. The average Bonchev–Trinajstić information content (AvgIpc) is 2.96. The smallest absolute Gasteiger partial charge is 0.144 e. The molecule has 0 unspecified atom stereocenters. The molecule has 4 nitrogen and oxygen atoms in total. The summed E-state index contributed by atoms with van der Waals surface area (Å²) in [5, 5.41) is 4.36. The van der Waals surface area contributed by atoms with Gasteiger partial charge in [0.15, 0.2) is 0 Å². The van der Waals surface area contributed by atoms with Crippen molar-refractivity contribution in [2.45, 2.75) is 24.8 Å². The van der Waals surface area contributed by atoms with Gasteiger partial charge in [0.1, 0.15) is 5.78 Å². The van der Waals surface area contributed by atoms with Crippen molar-refractivity contribution in [1.82, 2.24) is 0 Å². The number of carbonyl (C=O) groups excluding carboxylic acids is 1. The van der Waals surface area contributed by atoms with Crippen LogP contribution in [0.1, 0.15) is 35.9 Å². The van der Waals surface area contributed by atoms with Gasteiger partial charge in [-0.15, -0.1) is 0 Å². The molecule has 5 heteroatoms. The van der Waals surface area contributed by atoms with Gasteiger partial charge in [-0.3, -0.25) is 9.79 Å². The molecule has 0 aromatic heterocycles. The lowest BCUT2D eigenvalue weighted by Crippen LogP contribution is -2.38. The second-order valence-corrected chi connectivity index (χ2v) is 9.27. The number of carbonyl (C=O) groups is 1. The number of rotatable bonds is 3. The zero-order chi connectivity index (χ0) is 22.2. The van der Waals surface area contributed by atoms with E-state index in [-0.39, 0.29) is 23.7 Å². The second kappa shape index (κ2) is 8.44. The Bertz CT molecular complexity index is 1170. The van der Waals surface area contributed by atoms with Gasteiger partial charge in [0.05, 0.1) is 23.3 Å². The Labute approximate surface area is 193 Å². The van der Waals surface area contributed by atoms with Crippen molar-refractivity contribution in [2.75, 3.05) is 24.3 Å². The lowest BCUT2D eigenvalue weighted by Gasteiger charge is -2.34. The number of nitrogens with zero attached hydrogens (tertiary/aromatic N) is 2. The summed E-state index contributed by atoms with van der Waals surface area (Å²) in [6.07, 6.45) is 1.27. The highest BCUT2D eigenvalue weighted by molar-refractivity contribution is 6.30. The van der Waals surface area contributed by atoms with Crippen LogP contribution >= 0.6 is 11.6 Å². The van der Waals surface area contributed by atoms with E-state index in [1.165, 1.54) is 0 Å². The topological polar surface area (TPSA) is 44.7 Å². The van der Waals surface area contributed by atoms with Gasteiger partial charge in [-0.25, -0.2) is 0 Å². The van der Waals surface area contributed by atoms with Gasteiger partial charge >= 0.3 is 0 Å². The number of anilines is 2. The molecule has 1 aliphatic carbocycles. The van der Waals surface area contributed by atoms with Gasteiger partial charge in [-0.05, 0) is 59.9 Å². The maximum atomic E-state index is 13.6. The number of ketones is 1. The Morgan fingerprint density at radius 1 is 0.906 bits per heavy atom. The molecule has 1 heterocycles. The highest BCUT2D eigenvalue weighted by Crippen LogP contribution is 2.44. The van der Waals surface area contributed by atoms with Crippen LogP contribution in [0.4, 0.5) is 17.1 Å². The lowest BCUT2D eigenvalue weighted by atomic mass is 9.72. The fourth-order valence-electron chi connectivity index (χ4n) is 4.83. The zero-order valence-electron chi connectivity index (χ0n) is 18.3. The van der Waals surface area contributed by atoms with E-state index in [1.54, 1.807) is 0 Å². The molecule has 1 fully saturated rings. The van der Waals surface area contributed by atoms with Crippen LogP contribution in [-0.4, -0.2) is 25.6 Å². The van der Waals surface area contributed by atoms with Crippen molar-refractivity contribution in [1.29, 1.82) is 0 Å². The summed E-state index contributed by atoms with van der Waals surface area (Å²) in [6.45, 7) is 0. The van der Waals surface area contributed by atoms with Gasteiger partial charge in [0.25, 0.3) is 0 Å². The summed E-state index contributed by atoms with van der Waals surface area (Å²) >= 11 is 6.08. The fraction of sp³-hybridized carbons (Fsp3) is 0.259. The first-order valence-electron chi connectivity index (χ1n) is 11.0. The molecule has 0 bridgehead atoms. The van der Waals surface area contributed by atoms with E-state index in [0.717, 1.165) is 40.3 Å². The maximum absolute atomic E-state index is 13.6. The molecule has 1 N–H and O–H groups in total. The molecule has 3 aromatic rings. The summed E-state index contributed by atoms with van der Waals surface area (Å²) in [6, 6.07) is 24.2. The summed E-state index contributed by atoms with van der Waals surface area (Å²) in [7, 11) is 4.06. The van der Waals surface area contributed by atoms with Crippen LogP contribution in [0.2, 0.25) is 5.02 Å². The highest BCUT2D eigenvalue weighted by Gasteiger charge is 2.41. The molecule has 3 aromatic carbocycles. The van der Waals surface area contributed by atoms with E-state index >= 15 is 0 Å². The minimum absolute atomic E-state index is 0.122. The maximum Gasteiger partial charge on any atom is 0.144 e. The molecule has 32 heavy (non-hydrogen) atoms. The van der Waals surface area contributed by atoms with Crippen molar-refractivity contribution in [3.63, 3.8) is 0 Å². The number of hydrogen-bond acceptors (Lipinski definition) is 4. The van der Waals surface area contributed by atoms with Crippen molar-refractivity contribution in [3.05, 3.63) is 88.9 Å². The van der Waals surface area contributed by atoms with E-state index in [0.29, 0.717) is 11.4 Å². The minimum atomic E-state index is -0.281. The zero-order valence-corrected chi connectivity index (χ0v) is 19.0. The first kappa shape index (κ1) is 20.8. The van der Waals surface area contributed by atoms with Crippen molar-refractivity contribution >= 4 is 40.2 Å². The Balaban J connectivity index is 1.55. The average molecular weight is 444 g/mol. The van der Waals surface area contributed by atoms with Gasteiger partial charge in [0, 0.05) is 36.9 Å². The predicted octanol–water partition coefficient (Wildman–Crippen LogP) is 6.41. The minimum Gasteiger partial charge on any atom is -0.378 e. The van der Waals surface area contributed by atoms with E-state index in [4.69, 9.17) is 16.6 Å². The molecule has 0 spiro atoms. The molecule has 0 saturated heterocycles. The first-order valence-corrected chi connectivity index (χ1v) is 11.4. The van der Waals surface area contributed by atoms with E-state index in [9.17, 15) is 4.79 Å². The summed E-state index contributed by atoms with van der Waals surface area (Å²) < 4.78 is 0. The van der Waals surface area contributed by atoms with Crippen LogP contribution in [0.5, 0.6) is 0 Å². The number of aliphatic imine (C=N–C) groups is 1. The molecular formula is C27H26ClN3O. The van der Waals surface area contributed by atoms with E-state index < -0.39 is 0 Å². The Kier molecular flexibility index (Phi) is 5.48. The largest absolute Gasteiger partial charge is 0.378 e. The third-order valence-corrected chi connectivity index (χ3v) is 6.78. The fourth-order valence-corrected chi connectivity index (χ4v) is 4.95. The van der Waals surface area contributed by atoms with Gasteiger partial charge in [-0.2, -0.15) is 0 Å². The molecule has 2 aliphatic rings. The van der Waals surface area contributed by atoms with Crippen molar-refractivity contribution in [2.24, 2.45) is 10.9 Å². The van der Waals surface area contributed by atoms with Crippen LogP contribution in [0.15, 0.2) is 77.8 Å². The number of halogens is 1. The number of Topliss-reactive ketones (excluding diaryl/α,β-unsaturated/α-hetero) is 1. The van der Waals surface area contributed by atoms with Gasteiger partial charge in [-0.1, -0.05) is 48.0 Å². The number of hydrogen-bond donors (Lipinski definition) is 1. The second-order valence-electron chi connectivity index (χ2n) is 8.83. The van der Waals surface area contributed by atoms with Crippen LogP contribution < -0.4 is 10.2 Å². The normalized spacial score (nSPS) is 22.2. The van der Waals surface area contributed by atoms with Crippen LogP contribution in [0.25, 0.3) is 0 Å². The third-order valence-electron chi connectivity index (χ3n) is 6.53. The van der Waals surface area contributed by atoms with E-state index in [1.807, 2.05) is 62.6 Å². The van der Waals surface area contributed by atoms with Crippen molar-refractivity contribution < 1.29 is 4.79 Å². The molecule has 1 saturated carbocycles. The summed E-state index contributed by atoms with van der Waals surface area (Å²) in [5.74, 6) is 0.0740. The molecular weight excluding hydrogens is 418 g/mol. The Morgan fingerprint density at radius 3 is 2.31 bits per heavy atom. The lowest BCUT2D eigenvalue weighted by molar-refractivity contribution is -0.122. The SMILES string of the molecule is CN(C)c1ccc([C@@H]2Nc3ccccc3N=C3C[C@H](c4ccc(Cl)cc4)CC(=O)[C@H]32)cc1. The third kappa shape index (κ3) is 3.91. The van der Waals surface area contributed by atoms with Gasteiger partial charge < -0.3 is 10.2 Å². The number of para-hydroxylation sites is 2. The number of nitrogens with one attached hydrogen (secondary N) is 1. The highest BCUT2D eigenvalue weighted by atomic mass is 35.5. The van der Waals surface area contributed by atoms with Crippen LogP contribution in [0.3, 0.4) is 0 Å². The monoisotopic (exact) mass is 443 g/mol. The first-order chi connectivity index (χ1) is 15.5. The molecule has 162 valence electrons. The Hall–Kier alpha value is -3.11. The molecule has 5 rings (SSSR count).